The number of aromatic nitrogens is 5. The maximum absolute atomic E-state index is 12.8. The Bertz CT molecular complexity index is 949. The van der Waals surface area contributed by atoms with Gasteiger partial charge in [-0.15, -0.1) is 5.10 Å². The number of hydrogen-bond donors (Lipinski definition) is 1. The molecule has 2 heterocycles. The monoisotopic (exact) mass is 382 g/mol. The molecule has 0 aliphatic carbocycles. The average molecular weight is 382 g/mol. The quantitative estimate of drug-likeness (QED) is 0.750. The third kappa shape index (κ3) is 3.72. The van der Waals surface area contributed by atoms with Crippen LogP contribution in [-0.4, -0.2) is 29.6 Å². The molecule has 2 aromatic heterocycles. The highest BCUT2D eigenvalue weighted by molar-refractivity contribution is 6.99. The van der Waals surface area contributed by atoms with Gasteiger partial charge in [0.2, 0.25) is 0 Å². The number of rotatable bonds is 4. The van der Waals surface area contributed by atoms with Crippen molar-refractivity contribution in [1.29, 1.82) is 0 Å². The van der Waals surface area contributed by atoms with Gasteiger partial charge in [-0.3, -0.25) is 4.79 Å². The van der Waals surface area contributed by atoms with Crippen LogP contribution in [0.2, 0.25) is 0 Å². The molecule has 1 N–H and O–H groups in total. The Balaban J connectivity index is 1.78. The zero-order valence-corrected chi connectivity index (χ0v) is 14.5. The minimum atomic E-state index is -4.49. The predicted octanol–water partition coefficient (Wildman–Crippen LogP) is 3.07. The van der Waals surface area contributed by atoms with Gasteiger partial charge in [0.15, 0.2) is 5.69 Å². The number of aryl methyl sites for hydroxylation is 1. The Morgan fingerprint density at radius 3 is 2.69 bits per heavy atom. The number of benzene rings is 1. The van der Waals surface area contributed by atoms with E-state index in [1.54, 1.807) is 6.92 Å². The summed E-state index contributed by atoms with van der Waals surface area (Å²) in [5, 5.41) is 10.2. The molecule has 0 saturated carbocycles. The number of carbonyl (C=O) groups excluding carboxylic acids is 1. The van der Waals surface area contributed by atoms with E-state index in [9.17, 15) is 18.0 Å². The van der Waals surface area contributed by atoms with Crippen molar-refractivity contribution < 1.29 is 18.0 Å². The number of hydrogen-bond acceptors (Lipinski definition) is 6. The zero-order valence-electron chi connectivity index (χ0n) is 13.7. The van der Waals surface area contributed by atoms with Gasteiger partial charge >= 0.3 is 6.18 Å². The summed E-state index contributed by atoms with van der Waals surface area (Å²) in [6, 6.07) is 4.39. The highest BCUT2D eigenvalue weighted by Gasteiger charge is 2.30. The van der Waals surface area contributed by atoms with E-state index in [4.69, 9.17) is 0 Å². The van der Waals surface area contributed by atoms with Crippen LogP contribution in [0.5, 0.6) is 0 Å². The molecular formula is C15H13F3N6OS. The Morgan fingerprint density at radius 2 is 2.04 bits per heavy atom. The van der Waals surface area contributed by atoms with E-state index in [1.165, 1.54) is 16.8 Å². The minimum absolute atomic E-state index is 0.0262. The number of nitrogens with one attached hydrogen (secondary N) is 1. The molecule has 3 aromatic rings. The molecule has 0 spiro atoms. The summed E-state index contributed by atoms with van der Waals surface area (Å²) >= 11 is 1.08. The number of amides is 1. The van der Waals surface area contributed by atoms with Crippen molar-refractivity contribution in [2.45, 2.75) is 26.6 Å². The summed E-state index contributed by atoms with van der Waals surface area (Å²) in [4.78, 5) is 12.3. The molecule has 26 heavy (non-hydrogen) atoms. The molecule has 0 bridgehead atoms. The maximum atomic E-state index is 12.8. The summed E-state index contributed by atoms with van der Waals surface area (Å²) in [5.41, 5.74) is 1.17. The fraction of sp³-hybridized carbons (Fsp3) is 0.267. The summed E-state index contributed by atoms with van der Waals surface area (Å²) < 4.78 is 48.0. The van der Waals surface area contributed by atoms with E-state index in [2.05, 4.69) is 24.4 Å². The SMILES string of the molecule is Cc1nsnc1Cn1nnc(C(=O)Nc2cccc(C(F)(F)F)c2)c1C. The fourth-order valence-electron chi connectivity index (χ4n) is 2.22. The molecule has 0 aliphatic rings. The third-order valence-electron chi connectivity index (χ3n) is 3.69. The van der Waals surface area contributed by atoms with Gasteiger partial charge < -0.3 is 5.32 Å². The number of halogens is 3. The zero-order chi connectivity index (χ0) is 18.9. The number of anilines is 1. The highest BCUT2D eigenvalue weighted by atomic mass is 32.1. The molecule has 1 aromatic carbocycles. The van der Waals surface area contributed by atoms with E-state index in [0.717, 1.165) is 29.6 Å². The fourth-order valence-corrected chi connectivity index (χ4v) is 2.78. The van der Waals surface area contributed by atoms with Crippen LogP contribution in [0.15, 0.2) is 24.3 Å². The molecular weight excluding hydrogens is 369 g/mol. The van der Waals surface area contributed by atoms with Gasteiger partial charge in [-0.05, 0) is 32.0 Å². The lowest BCUT2D eigenvalue weighted by Gasteiger charge is -2.09. The Kier molecular flexibility index (Phi) is 4.72. The van der Waals surface area contributed by atoms with Crippen LogP contribution in [0, 0.1) is 13.8 Å². The van der Waals surface area contributed by atoms with Crippen molar-refractivity contribution in [3.63, 3.8) is 0 Å². The summed E-state index contributed by atoms with van der Waals surface area (Å²) in [6.45, 7) is 3.76. The van der Waals surface area contributed by atoms with Crippen molar-refractivity contribution in [3.8, 4) is 0 Å². The second kappa shape index (κ2) is 6.83. The molecule has 0 fully saturated rings. The molecule has 0 saturated heterocycles. The van der Waals surface area contributed by atoms with E-state index in [-0.39, 0.29) is 11.4 Å². The lowest BCUT2D eigenvalue weighted by Crippen LogP contribution is -2.15. The summed E-state index contributed by atoms with van der Waals surface area (Å²) in [6.07, 6.45) is -4.49. The van der Waals surface area contributed by atoms with Crippen LogP contribution >= 0.6 is 11.7 Å². The Hall–Kier alpha value is -2.82. The molecule has 1 amide bonds. The lowest BCUT2D eigenvalue weighted by atomic mass is 10.2. The van der Waals surface area contributed by atoms with E-state index >= 15 is 0 Å². The molecule has 3 rings (SSSR count). The molecule has 136 valence electrons. The maximum Gasteiger partial charge on any atom is 0.416 e. The first-order valence-electron chi connectivity index (χ1n) is 7.42. The van der Waals surface area contributed by atoms with Crippen molar-refractivity contribution in [2.75, 3.05) is 5.32 Å². The van der Waals surface area contributed by atoms with Crippen molar-refractivity contribution in [1.82, 2.24) is 23.7 Å². The highest BCUT2D eigenvalue weighted by Crippen LogP contribution is 2.30. The third-order valence-corrected chi connectivity index (χ3v) is 4.35. The van der Waals surface area contributed by atoms with Crippen LogP contribution in [0.4, 0.5) is 18.9 Å². The number of alkyl halides is 3. The second-order valence-corrected chi connectivity index (χ2v) is 6.04. The second-order valence-electron chi connectivity index (χ2n) is 5.51. The first-order valence-corrected chi connectivity index (χ1v) is 8.15. The van der Waals surface area contributed by atoms with Gasteiger partial charge in [0.05, 0.1) is 40.9 Å². The van der Waals surface area contributed by atoms with Crippen LogP contribution in [-0.2, 0) is 12.7 Å². The average Bonchev–Trinajstić information content (AvgIpc) is 3.14. The molecule has 0 aliphatic heterocycles. The van der Waals surface area contributed by atoms with Crippen molar-refractivity contribution >= 4 is 23.3 Å². The van der Waals surface area contributed by atoms with E-state index < -0.39 is 17.6 Å². The Morgan fingerprint density at radius 1 is 1.27 bits per heavy atom. The molecule has 11 heteroatoms. The van der Waals surface area contributed by atoms with Crippen LogP contribution < -0.4 is 5.32 Å². The summed E-state index contributed by atoms with van der Waals surface area (Å²) in [7, 11) is 0. The summed E-state index contributed by atoms with van der Waals surface area (Å²) in [5.74, 6) is -0.638. The van der Waals surface area contributed by atoms with Gasteiger partial charge in [-0.1, -0.05) is 11.3 Å². The van der Waals surface area contributed by atoms with Gasteiger partial charge in [-0.2, -0.15) is 21.9 Å². The smallest absolute Gasteiger partial charge is 0.321 e. The predicted molar refractivity (Wildman–Crippen MR) is 87.9 cm³/mol. The normalized spacial score (nSPS) is 11.6. The lowest BCUT2D eigenvalue weighted by molar-refractivity contribution is -0.137. The minimum Gasteiger partial charge on any atom is -0.321 e. The standard InChI is InChI=1S/C15H13F3N6OS/c1-8-12(22-26-21-8)7-24-9(2)13(20-23-24)14(25)19-11-5-3-4-10(6-11)15(16,17)18/h3-6H,7H2,1-2H3,(H,19,25). The topological polar surface area (TPSA) is 85.6 Å². The van der Waals surface area contributed by atoms with Gasteiger partial charge in [-0.25, -0.2) is 4.68 Å². The van der Waals surface area contributed by atoms with Crippen LogP contribution in [0.3, 0.4) is 0 Å². The van der Waals surface area contributed by atoms with Gasteiger partial charge in [0.25, 0.3) is 5.91 Å². The first kappa shape index (κ1) is 18.0. The number of nitrogens with zero attached hydrogens (tertiary/aromatic N) is 5. The van der Waals surface area contributed by atoms with Crippen LogP contribution in [0.25, 0.3) is 0 Å². The molecule has 0 atom stereocenters. The first-order chi connectivity index (χ1) is 12.3. The Labute approximate surface area is 150 Å². The van der Waals surface area contributed by atoms with Crippen molar-refractivity contribution in [2.24, 2.45) is 0 Å². The van der Waals surface area contributed by atoms with Gasteiger partial charge in [0, 0.05) is 5.69 Å². The van der Waals surface area contributed by atoms with E-state index in [0.29, 0.717) is 17.9 Å². The van der Waals surface area contributed by atoms with Crippen LogP contribution in [0.1, 0.15) is 33.1 Å². The molecule has 7 nitrogen and oxygen atoms in total. The van der Waals surface area contributed by atoms with E-state index in [1.807, 2.05) is 6.92 Å². The molecule has 0 radical (unpaired) electrons. The molecule has 0 unspecified atom stereocenters. The van der Waals surface area contributed by atoms with Gasteiger partial charge in [0.1, 0.15) is 0 Å². The van der Waals surface area contributed by atoms with Crippen molar-refractivity contribution in [3.05, 3.63) is 52.6 Å². The largest absolute Gasteiger partial charge is 0.416 e. The number of carbonyl (C=O) groups is 1.